The van der Waals surface area contributed by atoms with Crippen LogP contribution >= 0.6 is 0 Å². The summed E-state index contributed by atoms with van der Waals surface area (Å²) in [7, 11) is 0. The molecule has 1 aliphatic heterocycles. The van der Waals surface area contributed by atoms with Crippen LogP contribution in [0.5, 0.6) is 0 Å². The van der Waals surface area contributed by atoms with Crippen LogP contribution in [-0.4, -0.2) is 36.7 Å². The molecule has 0 bridgehead atoms. The van der Waals surface area contributed by atoms with Gasteiger partial charge in [0.1, 0.15) is 6.04 Å². The number of hydrogen-bond donors (Lipinski definition) is 2. The van der Waals surface area contributed by atoms with Gasteiger partial charge in [-0.1, -0.05) is 24.3 Å². The minimum Gasteiger partial charge on any atom is -0.378 e. The summed E-state index contributed by atoms with van der Waals surface area (Å²) in [5, 5.41) is 6.20. The molecule has 0 spiro atoms. The first-order chi connectivity index (χ1) is 11.2. The van der Waals surface area contributed by atoms with Crippen molar-refractivity contribution in [2.75, 3.05) is 19.8 Å². The lowest BCUT2D eigenvalue weighted by molar-refractivity contribution is -0.126. The number of morpholine rings is 1. The van der Waals surface area contributed by atoms with Crippen LogP contribution in [-0.2, 0) is 9.53 Å². The van der Waals surface area contributed by atoms with E-state index in [0.717, 1.165) is 16.7 Å². The molecule has 1 aromatic heterocycles. The number of ether oxygens (including phenoxy) is 1. The molecule has 23 heavy (non-hydrogen) atoms. The van der Waals surface area contributed by atoms with E-state index in [9.17, 15) is 4.79 Å². The van der Waals surface area contributed by atoms with Gasteiger partial charge in [-0.15, -0.1) is 0 Å². The molecule has 2 aromatic rings. The minimum atomic E-state index is -0.262. The largest absolute Gasteiger partial charge is 0.378 e. The molecule has 5 heteroatoms. The average Bonchev–Trinajstić information content (AvgIpc) is 2.63. The van der Waals surface area contributed by atoms with Gasteiger partial charge in [-0.2, -0.15) is 0 Å². The van der Waals surface area contributed by atoms with Gasteiger partial charge in [0.15, 0.2) is 0 Å². The lowest BCUT2D eigenvalue weighted by Gasteiger charge is -2.25. The summed E-state index contributed by atoms with van der Waals surface area (Å²) >= 11 is 0. The highest BCUT2D eigenvalue weighted by Crippen LogP contribution is 2.21. The van der Waals surface area contributed by atoms with Gasteiger partial charge in [0, 0.05) is 18.9 Å². The maximum atomic E-state index is 12.2. The molecular formula is C18H21N3O2. The van der Waals surface area contributed by atoms with Crippen LogP contribution in [0.1, 0.15) is 18.5 Å². The van der Waals surface area contributed by atoms with Crippen LogP contribution in [0, 0.1) is 0 Å². The van der Waals surface area contributed by atoms with Crippen LogP contribution in [0.4, 0.5) is 0 Å². The maximum Gasteiger partial charge on any atom is 0.240 e. The topological polar surface area (TPSA) is 63.2 Å². The van der Waals surface area contributed by atoms with Crippen molar-refractivity contribution in [1.29, 1.82) is 0 Å². The number of pyridine rings is 1. The Morgan fingerprint density at radius 2 is 1.91 bits per heavy atom. The van der Waals surface area contributed by atoms with Gasteiger partial charge in [-0.05, 0) is 35.7 Å². The average molecular weight is 311 g/mol. The molecule has 2 N–H and O–H groups in total. The summed E-state index contributed by atoms with van der Waals surface area (Å²) in [5.74, 6) is -0.0181. The lowest BCUT2D eigenvalue weighted by atomic mass is 10.0. The third-order valence-electron chi connectivity index (χ3n) is 4.02. The molecule has 1 amide bonds. The predicted molar refractivity (Wildman–Crippen MR) is 88.8 cm³/mol. The SMILES string of the molecule is CC(NC(=O)C1COCCN1)c1ccc(-c2ccncc2)cc1. The zero-order valence-electron chi connectivity index (χ0n) is 13.2. The number of benzene rings is 1. The first-order valence-corrected chi connectivity index (χ1v) is 7.86. The van der Waals surface area contributed by atoms with Gasteiger partial charge < -0.3 is 15.4 Å². The minimum absolute atomic E-state index is 0.0181. The van der Waals surface area contributed by atoms with Crippen LogP contribution in [0.3, 0.4) is 0 Å². The number of nitrogens with one attached hydrogen (secondary N) is 2. The molecule has 1 fully saturated rings. The molecule has 1 aromatic carbocycles. The van der Waals surface area contributed by atoms with Crippen molar-refractivity contribution in [2.24, 2.45) is 0 Å². The van der Waals surface area contributed by atoms with Crippen LogP contribution in [0.2, 0.25) is 0 Å². The van der Waals surface area contributed by atoms with E-state index in [0.29, 0.717) is 19.8 Å². The first-order valence-electron chi connectivity index (χ1n) is 7.86. The van der Waals surface area contributed by atoms with E-state index in [-0.39, 0.29) is 18.0 Å². The molecule has 1 saturated heterocycles. The molecule has 2 heterocycles. The summed E-state index contributed by atoms with van der Waals surface area (Å²) in [5.41, 5.74) is 3.34. The summed E-state index contributed by atoms with van der Waals surface area (Å²) in [6.07, 6.45) is 3.57. The van der Waals surface area contributed by atoms with Crippen molar-refractivity contribution in [3.63, 3.8) is 0 Å². The zero-order chi connectivity index (χ0) is 16.1. The quantitative estimate of drug-likeness (QED) is 0.905. The van der Waals surface area contributed by atoms with E-state index in [2.05, 4.69) is 27.8 Å². The normalized spacial score (nSPS) is 19.1. The van der Waals surface area contributed by atoms with Crippen molar-refractivity contribution in [3.8, 4) is 11.1 Å². The van der Waals surface area contributed by atoms with Crippen LogP contribution < -0.4 is 10.6 Å². The smallest absolute Gasteiger partial charge is 0.240 e. The fourth-order valence-electron chi connectivity index (χ4n) is 2.64. The van der Waals surface area contributed by atoms with Gasteiger partial charge in [-0.3, -0.25) is 9.78 Å². The van der Waals surface area contributed by atoms with Crippen molar-refractivity contribution < 1.29 is 9.53 Å². The highest BCUT2D eigenvalue weighted by molar-refractivity contribution is 5.82. The molecular weight excluding hydrogens is 290 g/mol. The van der Waals surface area contributed by atoms with Crippen molar-refractivity contribution in [2.45, 2.75) is 19.0 Å². The predicted octanol–water partition coefficient (Wildman–Crippen LogP) is 1.91. The standard InChI is InChI=1S/C18H21N3O2/c1-13(21-18(22)17-12-23-11-10-20-17)14-2-4-15(5-3-14)16-6-8-19-9-7-16/h2-9,13,17,20H,10-12H2,1H3,(H,21,22). The summed E-state index contributed by atoms with van der Waals surface area (Å²) in [6.45, 7) is 3.80. The van der Waals surface area contributed by atoms with Crippen LogP contribution in [0.15, 0.2) is 48.8 Å². The van der Waals surface area contributed by atoms with Crippen molar-refractivity contribution >= 4 is 5.91 Å². The van der Waals surface area contributed by atoms with Gasteiger partial charge in [0.05, 0.1) is 19.3 Å². The Morgan fingerprint density at radius 1 is 1.22 bits per heavy atom. The molecule has 1 aliphatic rings. The summed E-state index contributed by atoms with van der Waals surface area (Å²) in [4.78, 5) is 16.2. The zero-order valence-corrected chi connectivity index (χ0v) is 13.2. The number of hydrogen-bond acceptors (Lipinski definition) is 4. The Hall–Kier alpha value is -2.24. The molecule has 5 nitrogen and oxygen atoms in total. The second-order valence-electron chi connectivity index (χ2n) is 5.67. The van der Waals surface area contributed by atoms with Crippen molar-refractivity contribution in [1.82, 2.24) is 15.6 Å². The third kappa shape index (κ3) is 3.94. The maximum absolute atomic E-state index is 12.2. The van der Waals surface area contributed by atoms with E-state index in [1.165, 1.54) is 0 Å². The van der Waals surface area contributed by atoms with Gasteiger partial charge in [0.25, 0.3) is 0 Å². The molecule has 0 aliphatic carbocycles. The molecule has 3 rings (SSSR count). The monoisotopic (exact) mass is 311 g/mol. The Kier molecular flexibility index (Phi) is 5.00. The van der Waals surface area contributed by atoms with Gasteiger partial charge in [0.2, 0.25) is 5.91 Å². The van der Waals surface area contributed by atoms with Crippen molar-refractivity contribution in [3.05, 3.63) is 54.4 Å². The molecule has 120 valence electrons. The number of amides is 1. The summed E-state index contributed by atoms with van der Waals surface area (Å²) < 4.78 is 5.33. The Morgan fingerprint density at radius 3 is 2.57 bits per heavy atom. The van der Waals surface area contributed by atoms with Crippen LogP contribution in [0.25, 0.3) is 11.1 Å². The second-order valence-corrected chi connectivity index (χ2v) is 5.67. The number of aromatic nitrogens is 1. The van der Waals surface area contributed by atoms with Gasteiger partial charge >= 0.3 is 0 Å². The molecule has 2 atom stereocenters. The first kappa shape index (κ1) is 15.6. The number of carbonyl (C=O) groups excluding carboxylic acids is 1. The number of nitrogens with zero attached hydrogens (tertiary/aromatic N) is 1. The van der Waals surface area contributed by atoms with E-state index < -0.39 is 0 Å². The Bertz CT molecular complexity index is 637. The fourth-order valence-corrected chi connectivity index (χ4v) is 2.64. The third-order valence-corrected chi connectivity index (χ3v) is 4.02. The lowest BCUT2D eigenvalue weighted by Crippen LogP contribution is -2.51. The summed E-state index contributed by atoms with van der Waals surface area (Å²) in [6, 6.07) is 11.9. The number of rotatable bonds is 4. The highest BCUT2D eigenvalue weighted by atomic mass is 16.5. The number of carbonyl (C=O) groups is 1. The second kappa shape index (κ2) is 7.35. The Balaban J connectivity index is 1.63. The molecule has 0 saturated carbocycles. The fraction of sp³-hybridized carbons (Fsp3) is 0.333. The highest BCUT2D eigenvalue weighted by Gasteiger charge is 2.22. The van der Waals surface area contributed by atoms with E-state index in [1.54, 1.807) is 12.4 Å². The van der Waals surface area contributed by atoms with Gasteiger partial charge in [-0.25, -0.2) is 0 Å². The van der Waals surface area contributed by atoms with E-state index >= 15 is 0 Å². The Labute approximate surface area is 136 Å². The van der Waals surface area contributed by atoms with E-state index in [1.807, 2.05) is 31.2 Å². The molecule has 0 radical (unpaired) electrons. The van der Waals surface area contributed by atoms with E-state index in [4.69, 9.17) is 4.74 Å². The molecule has 2 unspecified atom stereocenters.